The second-order valence-electron chi connectivity index (χ2n) is 5.49. The Morgan fingerprint density at radius 2 is 1.96 bits per heavy atom. The SMILES string of the molecule is N#CCCSc1ccccc1NC(=O)C[C@@H]1OC(=O)c2ccccc21. The van der Waals surface area contributed by atoms with E-state index in [-0.39, 0.29) is 18.3 Å². The van der Waals surface area contributed by atoms with E-state index < -0.39 is 6.10 Å². The maximum Gasteiger partial charge on any atom is 0.339 e. The highest BCUT2D eigenvalue weighted by molar-refractivity contribution is 7.99. The number of anilines is 1. The van der Waals surface area contributed by atoms with Gasteiger partial charge in [0.25, 0.3) is 0 Å². The Bertz CT molecular complexity index is 845. The average Bonchev–Trinajstić information content (AvgIpc) is 2.93. The summed E-state index contributed by atoms with van der Waals surface area (Å²) in [6.07, 6.45) is -0.0380. The summed E-state index contributed by atoms with van der Waals surface area (Å²) in [6.45, 7) is 0. The molecule has 1 atom stereocenters. The number of nitriles is 1. The minimum Gasteiger partial charge on any atom is -0.453 e. The summed E-state index contributed by atoms with van der Waals surface area (Å²) in [7, 11) is 0. The monoisotopic (exact) mass is 352 g/mol. The highest BCUT2D eigenvalue weighted by atomic mass is 32.2. The zero-order valence-corrected chi connectivity index (χ0v) is 14.2. The van der Waals surface area contributed by atoms with Crippen molar-refractivity contribution in [1.82, 2.24) is 0 Å². The lowest BCUT2D eigenvalue weighted by atomic mass is 10.0. The van der Waals surface area contributed by atoms with Crippen LogP contribution in [0.3, 0.4) is 0 Å². The van der Waals surface area contributed by atoms with Crippen molar-refractivity contribution in [2.45, 2.75) is 23.8 Å². The minimum absolute atomic E-state index is 0.0694. The number of nitrogens with one attached hydrogen (secondary N) is 1. The molecule has 0 radical (unpaired) electrons. The number of hydrogen-bond donors (Lipinski definition) is 1. The average molecular weight is 352 g/mol. The van der Waals surface area contributed by atoms with Crippen molar-refractivity contribution >= 4 is 29.3 Å². The molecule has 0 aromatic heterocycles. The first-order chi connectivity index (χ1) is 12.2. The largest absolute Gasteiger partial charge is 0.453 e. The number of rotatable bonds is 6. The van der Waals surface area contributed by atoms with Crippen LogP contribution in [0.25, 0.3) is 0 Å². The van der Waals surface area contributed by atoms with Crippen molar-refractivity contribution in [3.63, 3.8) is 0 Å². The van der Waals surface area contributed by atoms with E-state index in [1.165, 1.54) is 11.8 Å². The van der Waals surface area contributed by atoms with Crippen LogP contribution in [0.4, 0.5) is 5.69 Å². The molecule has 1 aliphatic heterocycles. The Morgan fingerprint density at radius 3 is 2.80 bits per heavy atom. The van der Waals surface area contributed by atoms with E-state index in [9.17, 15) is 9.59 Å². The van der Waals surface area contributed by atoms with Crippen LogP contribution in [0, 0.1) is 11.3 Å². The van der Waals surface area contributed by atoms with Crippen LogP contribution in [0.2, 0.25) is 0 Å². The van der Waals surface area contributed by atoms with Crippen LogP contribution in [0.1, 0.15) is 34.9 Å². The Morgan fingerprint density at radius 1 is 1.20 bits per heavy atom. The van der Waals surface area contributed by atoms with Gasteiger partial charge < -0.3 is 10.1 Å². The summed E-state index contributed by atoms with van der Waals surface area (Å²) in [5.74, 6) is 0.0560. The van der Waals surface area contributed by atoms with Gasteiger partial charge in [0.1, 0.15) is 6.10 Å². The van der Waals surface area contributed by atoms with Crippen molar-refractivity contribution in [3.05, 3.63) is 59.7 Å². The van der Waals surface area contributed by atoms with E-state index >= 15 is 0 Å². The van der Waals surface area contributed by atoms with E-state index in [0.29, 0.717) is 23.4 Å². The van der Waals surface area contributed by atoms with E-state index in [2.05, 4.69) is 11.4 Å². The van der Waals surface area contributed by atoms with E-state index in [4.69, 9.17) is 10.00 Å². The van der Waals surface area contributed by atoms with Crippen molar-refractivity contribution in [1.29, 1.82) is 5.26 Å². The Hall–Kier alpha value is -2.78. The molecule has 1 heterocycles. The molecule has 0 bridgehead atoms. The highest BCUT2D eigenvalue weighted by Crippen LogP contribution is 2.33. The quantitative estimate of drug-likeness (QED) is 0.484. The van der Waals surface area contributed by atoms with Gasteiger partial charge in [0, 0.05) is 22.6 Å². The molecule has 0 fully saturated rings. The fourth-order valence-electron chi connectivity index (χ4n) is 2.64. The summed E-state index contributed by atoms with van der Waals surface area (Å²) in [6, 6.07) is 16.7. The maximum atomic E-state index is 12.4. The van der Waals surface area contributed by atoms with Gasteiger partial charge in [-0.1, -0.05) is 30.3 Å². The van der Waals surface area contributed by atoms with Crippen LogP contribution in [-0.2, 0) is 9.53 Å². The first-order valence-electron chi connectivity index (χ1n) is 7.87. The van der Waals surface area contributed by atoms with Gasteiger partial charge in [-0.15, -0.1) is 11.8 Å². The van der Waals surface area contributed by atoms with Crippen molar-refractivity contribution in [2.24, 2.45) is 0 Å². The fraction of sp³-hybridized carbons (Fsp3) is 0.211. The summed E-state index contributed by atoms with van der Waals surface area (Å²) in [5.41, 5.74) is 1.97. The van der Waals surface area contributed by atoms with E-state index in [1.807, 2.05) is 36.4 Å². The summed E-state index contributed by atoms with van der Waals surface area (Å²) in [4.78, 5) is 25.1. The molecule has 1 aliphatic rings. The number of nitrogens with zero attached hydrogens (tertiary/aromatic N) is 1. The fourth-order valence-corrected chi connectivity index (χ4v) is 3.51. The minimum atomic E-state index is -0.554. The van der Waals surface area contributed by atoms with Crippen LogP contribution in [-0.4, -0.2) is 17.6 Å². The van der Waals surface area contributed by atoms with Gasteiger partial charge in [-0.05, 0) is 18.2 Å². The molecule has 0 unspecified atom stereocenters. The third-order valence-corrected chi connectivity index (χ3v) is 4.86. The first-order valence-corrected chi connectivity index (χ1v) is 8.86. The number of carbonyl (C=O) groups excluding carboxylic acids is 2. The third-order valence-electron chi connectivity index (χ3n) is 3.78. The second kappa shape index (κ2) is 7.86. The van der Waals surface area contributed by atoms with Crippen molar-refractivity contribution in [2.75, 3.05) is 11.1 Å². The van der Waals surface area contributed by atoms with Gasteiger partial charge in [0.2, 0.25) is 5.91 Å². The Labute approximate surface area is 150 Å². The number of esters is 1. The molecular weight excluding hydrogens is 336 g/mol. The molecule has 2 aromatic rings. The first kappa shape index (κ1) is 17.1. The summed E-state index contributed by atoms with van der Waals surface area (Å²) in [5, 5.41) is 11.5. The molecule has 126 valence electrons. The topological polar surface area (TPSA) is 79.2 Å². The standard InChI is InChI=1S/C19H16N2O3S/c20-10-5-11-25-17-9-4-3-8-15(17)21-18(22)12-16-13-6-1-2-7-14(13)19(23)24-16/h1-4,6-9,16H,5,11-12H2,(H,21,22)/t16-/m0/s1. The number of fused-ring (bicyclic) bond motifs is 1. The van der Waals surface area contributed by atoms with Gasteiger partial charge in [-0.2, -0.15) is 5.26 Å². The van der Waals surface area contributed by atoms with E-state index in [1.54, 1.807) is 12.1 Å². The van der Waals surface area contributed by atoms with E-state index in [0.717, 1.165) is 10.5 Å². The van der Waals surface area contributed by atoms with Crippen molar-refractivity contribution in [3.8, 4) is 6.07 Å². The lowest BCUT2D eigenvalue weighted by Gasteiger charge is -2.13. The lowest BCUT2D eigenvalue weighted by Crippen LogP contribution is -2.16. The predicted molar refractivity (Wildman–Crippen MR) is 95.2 cm³/mol. The normalized spacial score (nSPS) is 15.2. The van der Waals surface area contributed by atoms with Gasteiger partial charge in [0.15, 0.2) is 0 Å². The van der Waals surface area contributed by atoms with Gasteiger partial charge >= 0.3 is 5.97 Å². The van der Waals surface area contributed by atoms with Crippen LogP contribution >= 0.6 is 11.8 Å². The summed E-state index contributed by atoms with van der Waals surface area (Å²) < 4.78 is 5.31. The zero-order valence-electron chi connectivity index (χ0n) is 13.4. The third kappa shape index (κ3) is 4.01. The molecule has 6 heteroatoms. The zero-order chi connectivity index (χ0) is 17.6. The number of hydrogen-bond acceptors (Lipinski definition) is 5. The molecule has 5 nitrogen and oxygen atoms in total. The molecule has 3 rings (SSSR count). The second-order valence-corrected chi connectivity index (χ2v) is 6.62. The Kier molecular flexibility index (Phi) is 5.36. The number of ether oxygens (including phenoxy) is 1. The number of thioether (sulfide) groups is 1. The molecular formula is C19H16N2O3S. The molecule has 1 amide bonds. The van der Waals surface area contributed by atoms with Crippen molar-refractivity contribution < 1.29 is 14.3 Å². The molecule has 1 N–H and O–H groups in total. The smallest absolute Gasteiger partial charge is 0.339 e. The van der Waals surface area contributed by atoms with Gasteiger partial charge in [-0.3, -0.25) is 4.79 Å². The number of cyclic esters (lactones) is 1. The Balaban J connectivity index is 1.66. The lowest BCUT2D eigenvalue weighted by molar-refractivity contribution is -0.118. The number of carbonyl (C=O) groups is 2. The molecule has 0 aliphatic carbocycles. The molecule has 0 saturated carbocycles. The number of para-hydroxylation sites is 1. The predicted octanol–water partition coefficient (Wildman–Crippen LogP) is 3.93. The molecule has 25 heavy (non-hydrogen) atoms. The van der Waals surface area contributed by atoms with Crippen LogP contribution in [0.15, 0.2) is 53.4 Å². The van der Waals surface area contributed by atoms with Gasteiger partial charge in [-0.25, -0.2) is 4.79 Å². The van der Waals surface area contributed by atoms with Crippen LogP contribution in [0.5, 0.6) is 0 Å². The number of amides is 1. The maximum absolute atomic E-state index is 12.4. The van der Waals surface area contributed by atoms with Gasteiger partial charge in [0.05, 0.1) is 23.7 Å². The highest BCUT2D eigenvalue weighted by Gasteiger charge is 2.32. The summed E-state index contributed by atoms with van der Waals surface area (Å²) >= 11 is 1.52. The molecule has 0 spiro atoms. The van der Waals surface area contributed by atoms with Crippen LogP contribution < -0.4 is 5.32 Å². The molecule has 2 aromatic carbocycles. The molecule has 0 saturated heterocycles. The number of benzene rings is 2.